The first-order valence-electron chi connectivity index (χ1n) is 7.90. The van der Waals surface area contributed by atoms with Gasteiger partial charge in [-0.3, -0.25) is 0 Å². The van der Waals surface area contributed by atoms with Gasteiger partial charge in [0.2, 0.25) is 5.95 Å². The van der Waals surface area contributed by atoms with Crippen molar-refractivity contribution in [2.24, 2.45) is 0 Å². The average molecular weight is 319 g/mol. The highest BCUT2D eigenvalue weighted by Crippen LogP contribution is 2.24. The molecular weight excluding hydrogens is 298 g/mol. The summed E-state index contributed by atoms with van der Waals surface area (Å²) in [4.78, 5) is 4.51. The van der Waals surface area contributed by atoms with Crippen molar-refractivity contribution in [3.63, 3.8) is 0 Å². The van der Waals surface area contributed by atoms with Crippen LogP contribution in [-0.4, -0.2) is 15.2 Å². The summed E-state index contributed by atoms with van der Waals surface area (Å²) in [5.41, 5.74) is 6.73. The summed E-state index contributed by atoms with van der Waals surface area (Å²) in [6.45, 7) is 8.27. The fourth-order valence-electron chi connectivity index (χ4n) is 2.63. The molecule has 3 aromatic rings. The van der Waals surface area contributed by atoms with Gasteiger partial charge in [-0.15, -0.1) is 5.10 Å². The Balaban J connectivity index is 1.84. The molecule has 0 unspecified atom stereocenters. The zero-order valence-electron chi connectivity index (χ0n) is 14.4. The van der Waals surface area contributed by atoms with Gasteiger partial charge in [0.05, 0.1) is 6.20 Å². The Morgan fingerprint density at radius 2 is 1.58 bits per heavy atom. The van der Waals surface area contributed by atoms with Crippen LogP contribution in [0.2, 0.25) is 0 Å². The highest BCUT2D eigenvalue weighted by atomic mass is 15.3. The molecule has 0 atom stereocenters. The molecule has 2 N–H and O–H groups in total. The first kappa shape index (κ1) is 15.9. The van der Waals surface area contributed by atoms with Crippen LogP contribution in [0, 0.1) is 27.7 Å². The smallest absolute Gasteiger partial charge is 0.249 e. The van der Waals surface area contributed by atoms with Crippen molar-refractivity contribution in [2.75, 3.05) is 10.6 Å². The Labute approximate surface area is 142 Å². The number of benzene rings is 2. The fraction of sp³-hybridized carbons (Fsp3) is 0.211. The molecule has 0 saturated heterocycles. The largest absolute Gasteiger partial charge is 0.338 e. The molecule has 0 fully saturated rings. The summed E-state index contributed by atoms with van der Waals surface area (Å²) in [7, 11) is 0. The first-order chi connectivity index (χ1) is 11.5. The van der Waals surface area contributed by atoms with Crippen LogP contribution < -0.4 is 10.6 Å². The van der Waals surface area contributed by atoms with E-state index in [2.05, 4.69) is 77.8 Å². The van der Waals surface area contributed by atoms with Gasteiger partial charge in [-0.1, -0.05) is 35.9 Å². The van der Waals surface area contributed by atoms with Crippen LogP contribution in [0.5, 0.6) is 0 Å². The maximum atomic E-state index is 4.51. The van der Waals surface area contributed by atoms with Crippen molar-refractivity contribution >= 4 is 23.1 Å². The number of aryl methyl sites for hydroxylation is 4. The Morgan fingerprint density at radius 1 is 0.833 bits per heavy atom. The van der Waals surface area contributed by atoms with Crippen LogP contribution in [0.15, 0.2) is 42.6 Å². The predicted octanol–water partition coefficient (Wildman–Crippen LogP) is 4.59. The first-order valence-corrected chi connectivity index (χ1v) is 7.90. The number of para-hydroxylation sites is 1. The van der Waals surface area contributed by atoms with Gasteiger partial charge in [-0.2, -0.15) is 10.1 Å². The summed E-state index contributed by atoms with van der Waals surface area (Å²) >= 11 is 0. The van der Waals surface area contributed by atoms with Gasteiger partial charge in [0.15, 0.2) is 5.82 Å². The Hall–Kier alpha value is -2.95. The molecule has 2 aromatic carbocycles. The lowest BCUT2D eigenvalue weighted by atomic mass is 10.1. The van der Waals surface area contributed by atoms with Crippen LogP contribution in [0.4, 0.5) is 23.1 Å². The molecule has 0 saturated carbocycles. The number of nitrogens with one attached hydrogen (secondary N) is 2. The molecule has 0 aliphatic rings. The van der Waals surface area contributed by atoms with Crippen molar-refractivity contribution in [3.8, 4) is 0 Å². The molecular formula is C19H21N5. The molecule has 0 radical (unpaired) electrons. The van der Waals surface area contributed by atoms with Crippen molar-refractivity contribution in [2.45, 2.75) is 27.7 Å². The molecule has 1 aromatic heterocycles. The molecule has 5 heteroatoms. The molecule has 0 bridgehead atoms. The van der Waals surface area contributed by atoms with E-state index in [1.54, 1.807) is 6.20 Å². The molecule has 1 heterocycles. The number of aromatic nitrogens is 3. The summed E-state index contributed by atoms with van der Waals surface area (Å²) in [5.74, 6) is 1.13. The molecule has 122 valence electrons. The highest BCUT2D eigenvalue weighted by Gasteiger charge is 2.07. The summed E-state index contributed by atoms with van der Waals surface area (Å²) in [6.07, 6.45) is 1.62. The van der Waals surface area contributed by atoms with Gasteiger partial charge in [-0.25, -0.2) is 0 Å². The average Bonchev–Trinajstić information content (AvgIpc) is 2.54. The second-order valence-corrected chi connectivity index (χ2v) is 6.00. The Bertz CT molecular complexity index is 853. The zero-order valence-corrected chi connectivity index (χ0v) is 14.4. The lowest BCUT2D eigenvalue weighted by Crippen LogP contribution is -2.04. The van der Waals surface area contributed by atoms with Crippen LogP contribution >= 0.6 is 0 Å². The molecule has 0 spiro atoms. The SMILES string of the molecule is Cc1ccc(Nc2nncc(Nc3c(C)cccc3C)n2)c(C)c1. The number of nitrogens with zero attached hydrogens (tertiary/aromatic N) is 3. The van der Waals surface area contributed by atoms with Gasteiger partial charge < -0.3 is 10.6 Å². The maximum absolute atomic E-state index is 4.51. The number of hydrogen-bond acceptors (Lipinski definition) is 5. The van der Waals surface area contributed by atoms with Crippen molar-refractivity contribution in [3.05, 3.63) is 64.8 Å². The molecule has 0 aliphatic carbocycles. The highest BCUT2D eigenvalue weighted by molar-refractivity contribution is 5.65. The van der Waals surface area contributed by atoms with E-state index in [1.165, 1.54) is 5.56 Å². The van der Waals surface area contributed by atoms with Gasteiger partial charge in [0, 0.05) is 11.4 Å². The third-order valence-corrected chi connectivity index (χ3v) is 3.92. The second kappa shape index (κ2) is 6.66. The molecule has 0 amide bonds. The molecule has 0 aliphatic heterocycles. The van der Waals surface area contributed by atoms with Crippen LogP contribution in [0.1, 0.15) is 22.3 Å². The van der Waals surface area contributed by atoms with E-state index in [9.17, 15) is 0 Å². The summed E-state index contributed by atoms with van der Waals surface area (Å²) in [6, 6.07) is 12.4. The minimum Gasteiger partial charge on any atom is -0.338 e. The van der Waals surface area contributed by atoms with E-state index in [1.807, 2.05) is 12.1 Å². The predicted molar refractivity (Wildman–Crippen MR) is 98.2 cm³/mol. The minimum atomic E-state index is 0.471. The van der Waals surface area contributed by atoms with E-state index < -0.39 is 0 Å². The van der Waals surface area contributed by atoms with E-state index in [0.29, 0.717) is 11.8 Å². The number of hydrogen-bond donors (Lipinski definition) is 2. The monoisotopic (exact) mass is 319 g/mol. The Kier molecular flexibility index (Phi) is 4.42. The second-order valence-electron chi connectivity index (χ2n) is 6.00. The van der Waals surface area contributed by atoms with Crippen LogP contribution in [-0.2, 0) is 0 Å². The molecule has 24 heavy (non-hydrogen) atoms. The molecule has 5 nitrogen and oxygen atoms in total. The normalized spacial score (nSPS) is 10.5. The van der Waals surface area contributed by atoms with Gasteiger partial charge >= 0.3 is 0 Å². The van der Waals surface area contributed by atoms with Crippen LogP contribution in [0.25, 0.3) is 0 Å². The van der Waals surface area contributed by atoms with Gasteiger partial charge in [-0.05, 0) is 50.5 Å². The van der Waals surface area contributed by atoms with E-state index >= 15 is 0 Å². The van der Waals surface area contributed by atoms with Gasteiger partial charge in [0.25, 0.3) is 0 Å². The third-order valence-electron chi connectivity index (χ3n) is 3.92. The van der Waals surface area contributed by atoms with E-state index in [4.69, 9.17) is 0 Å². The van der Waals surface area contributed by atoms with Crippen molar-refractivity contribution < 1.29 is 0 Å². The number of rotatable bonds is 4. The molecule has 3 rings (SSSR count). The maximum Gasteiger partial charge on any atom is 0.249 e. The standard InChI is InChI=1S/C19H21N5/c1-12-8-9-16(15(4)10-12)21-19-23-17(11-20-24-19)22-18-13(2)6-5-7-14(18)3/h5-11H,1-4H3,(H2,21,22,23,24). The lowest BCUT2D eigenvalue weighted by molar-refractivity contribution is 0.981. The fourth-order valence-corrected chi connectivity index (χ4v) is 2.63. The summed E-state index contributed by atoms with van der Waals surface area (Å²) < 4.78 is 0. The van der Waals surface area contributed by atoms with Crippen LogP contribution in [0.3, 0.4) is 0 Å². The number of anilines is 4. The summed E-state index contributed by atoms with van der Waals surface area (Å²) in [5, 5.41) is 14.7. The minimum absolute atomic E-state index is 0.471. The van der Waals surface area contributed by atoms with Gasteiger partial charge in [0.1, 0.15) is 0 Å². The zero-order chi connectivity index (χ0) is 17.1. The Morgan fingerprint density at radius 3 is 2.29 bits per heavy atom. The van der Waals surface area contributed by atoms with Crippen molar-refractivity contribution in [1.29, 1.82) is 0 Å². The van der Waals surface area contributed by atoms with Crippen molar-refractivity contribution in [1.82, 2.24) is 15.2 Å². The van der Waals surface area contributed by atoms with E-state index in [0.717, 1.165) is 28.1 Å². The topological polar surface area (TPSA) is 62.7 Å². The van der Waals surface area contributed by atoms with E-state index in [-0.39, 0.29) is 0 Å². The third kappa shape index (κ3) is 3.51. The lowest BCUT2D eigenvalue weighted by Gasteiger charge is -2.13. The quantitative estimate of drug-likeness (QED) is 0.736.